The number of nitrogens with one attached hydrogen (secondary N) is 1. The lowest BCUT2D eigenvalue weighted by atomic mass is 10.2. The molecule has 0 amide bonds. The molecule has 1 rings (SSSR count). The van der Waals surface area contributed by atoms with Gasteiger partial charge in [-0.1, -0.05) is 13.8 Å². The van der Waals surface area contributed by atoms with Crippen molar-refractivity contribution >= 4 is 22.4 Å². The van der Waals surface area contributed by atoms with Crippen LogP contribution >= 0.6 is 11.3 Å². The Kier molecular flexibility index (Phi) is 4.08. The van der Waals surface area contributed by atoms with Gasteiger partial charge in [0.2, 0.25) is 0 Å². The van der Waals surface area contributed by atoms with Crippen molar-refractivity contribution in [1.29, 1.82) is 0 Å². The van der Waals surface area contributed by atoms with Gasteiger partial charge >= 0.3 is 5.97 Å². The summed E-state index contributed by atoms with van der Waals surface area (Å²) in [5.74, 6) is -0.957. The Bertz CT molecular complexity index is 345. The molecule has 0 fully saturated rings. The topological polar surface area (TPSA) is 62.2 Å². The number of hydrogen-bond donors (Lipinski definition) is 2. The van der Waals surface area contributed by atoms with Crippen LogP contribution in [0.3, 0.4) is 0 Å². The second-order valence-electron chi connectivity index (χ2n) is 3.39. The van der Waals surface area contributed by atoms with Gasteiger partial charge in [0.15, 0.2) is 10.8 Å². The van der Waals surface area contributed by atoms with Gasteiger partial charge in [0.1, 0.15) is 0 Å². The minimum atomic E-state index is -0.957. The highest BCUT2D eigenvalue weighted by atomic mass is 32.1. The maximum atomic E-state index is 10.8. The van der Waals surface area contributed by atoms with E-state index in [0.717, 1.165) is 17.7 Å². The molecule has 1 heterocycles. The molecule has 0 saturated carbocycles. The van der Waals surface area contributed by atoms with Crippen LogP contribution in [0, 0.1) is 6.92 Å². The van der Waals surface area contributed by atoms with Gasteiger partial charge in [-0.25, -0.2) is 9.78 Å². The van der Waals surface area contributed by atoms with Crippen molar-refractivity contribution in [3.8, 4) is 0 Å². The smallest absolute Gasteiger partial charge is 0.355 e. The molecule has 1 aromatic heterocycles. The molecule has 0 radical (unpaired) electrons. The fourth-order valence-corrected chi connectivity index (χ4v) is 2.21. The minimum Gasteiger partial charge on any atom is -0.476 e. The van der Waals surface area contributed by atoms with Crippen molar-refractivity contribution in [2.45, 2.75) is 39.7 Å². The Morgan fingerprint density at radius 3 is 2.53 bits per heavy atom. The molecule has 0 spiro atoms. The average Bonchev–Trinajstić information content (AvgIpc) is 2.56. The molecule has 4 nitrogen and oxygen atoms in total. The number of thiazole rings is 1. The van der Waals surface area contributed by atoms with E-state index in [1.54, 1.807) is 6.92 Å². The summed E-state index contributed by atoms with van der Waals surface area (Å²) in [6, 6.07) is 0.372. The van der Waals surface area contributed by atoms with Gasteiger partial charge in [-0.15, -0.1) is 11.3 Å². The predicted octanol–water partition coefficient (Wildman–Crippen LogP) is 2.75. The van der Waals surface area contributed by atoms with E-state index in [0.29, 0.717) is 11.2 Å². The number of aromatic carboxylic acids is 1. The van der Waals surface area contributed by atoms with E-state index in [4.69, 9.17) is 5.11 Å². The molecule has 0 aliphatic carbocycles. The molecule has 0 aliphatic heterocycles. The molecule has 0 bridgehead atoms. The zero-order chi connectivity index (χ0) is 11.4. The molecule has 84 valence electrons. The first-order chi connectivity index (χ1) is 7.08. The molecule has 0 aliphatic rings. The van der Waals surface area contributed by atoms with Gasteiger partial charge in [0, 0.05) is 10.9 Å². The lowest BCUT2D eigenvalue weighted by Crippen LogP contribution is -2.16. The largest absolute Gasteiger partial charge is 0.476 e. The number of carbonyl (C=O) groups is 1. The number of nitrogens with zero attached hydrogens (tertiary/aromatic N) is 1. The highest BCUT2D eigenvalue weighted by Crippen LogP contribution is 2.23. The molecule has 5 heteroatoms. The second kappa shape index (κ2) is 5.11. The standard InChI is InChI=1S/C10H16N2O2S/c1-4-7(5-2)11-10-12-8(9(13)14)6(3)15-10/h7H,4-5H2,1-3H3,(H,11,12)(H,13,14). The lowest BCUT2D eigenvalue weighted by Gasteiger charge is -2.12. The SMILES string of the molecule is CCC(CC)Nc1nc(C(=O)O)c(C)s1. The average molecular weight is 228 g/mol. The Morgan fingerprint density at radius 1 is 1.53 bits per heavy atom. The zero-order valence-electron chi connectivity index (χ0n) is 9.20. The Labute approximate surface area is 93.4 Å². The zero-order valence-corrected chi connectivity index (χ0v) is 10.0. The van der Waals surface area contributed by atoms with Crippen LogP contribution in [-0.2, 0) is 0 Å². The monoisotopic (exact) mass is 228 g/mol. The van der Waals surface area contributed by atoms with Crippen LogP contribution in [-0.4, -0.2) is 22.1 Å². The number of anilines is 1. The molecule has 0 saturated heterocycles. The minimum absolute atomic E-state index is 0.161. The van der Waals surface area contributed by atoms with E-state index in [-0.39, 0.29) is 5.69 Å². The van der Waals surface area contributed by atoms with Crippen LogP contribution in [0.4, 0.5) is 5.13 Å². The van der Waals surface area contributed by atoms with Gasteiger partial charge in [0.25, 0.3) is 0 Å². The number of carboxylic acid groups (broad SMARTS) is 1. The highest BCUT2D eigenvalue weighted by molar-refractivity contribution is 7.15. The first kappa shape index (κ1) is 12.0. The molecule has 15 heavy (non-hydrogen) atoms. The van der Waals surface area contributed by atoms with E-state index >= 15 is 0 Å². The maximum absolute atomic E-state index is 10.8. The van der Waals surface area contributed by atoms with Gasteiger partial charge in [-0.2, -0.15) is 0 Å². The summed E-state index contributed by atoms with van der Waals surface area (Å²) in [6.45, 7) is 5.97. The van der Waals surface area contributed by atoms with Gasteiger partial charge in [-0.3, -0.25) is 0 Å². The maximum Gasteiger partial charge on any atom is 0.355 e. The predicted molar refractivity (Wildman–Crippen MR) is 61.8 cm³/mol. The molecule has 2 N–H and O–H groups in total. The molecular weight excluding hydrogens is 212 g/mol. The summed E-state index contributed by atoms with van der Waals surface area (Å²) in [4.78, 5) is 15.6. The lowest BCUT2D eigenvalue weighted by molar-refractivity contribution is 0.0690. The van der Waals surface area contributed by atoms with Crippen molar-refractivity contribution in [2.75, 3.05) is 5.32 Å². The first-order valence-electron chi connectivity index (χ1n) is 5.05. The Balaban J connectivity index is 2.79. The highest BCUT2D eigenvalue weighted by Gasteiger charge is 2.15. The number of rotatable bonds is 5. The van der Waals surface area contributed by atoms with Crippen LogP contribution in [0.2, 0.25) is 0 Å². The number of carboxylic acids is 1. The summed E-state index contributed by atoms with van der Waals surface area (Å²) in [7, 11) is 0. The van der Waals surface area contributed by atoms with E-state index in [1.807, 2.05) is 0 Å². The molecule has 0 aromatic carbocycles. The van der Waals surface area contributed by atoms with Crippen molar-refractivity contribution in [2.24, 2.45) is 0 Å². The normalized spacial score (nSPS) is 10.7. The molecule has 1 aromatic rings. The van der Waals surface area contributed by atoms with Crippen LogP contribution < -0.4 is 5.32 Å². The Morgan fingerprint density at radius 2 is 2.13 bits per heavy atom. The third-order valence-electron chi connectivity index (χ3n) is 2.31. The van der Waals surface area contributed by atoms with Gasteiger partial charge in [-0.05, 0) is 19.8 Å². The van der Waals surface area contributed by atoms with Crippen LogP contribution in [0.5, 0.6) is 0 Å². The van der Waals surface area contributed by atoms with Crippen molar-refractivity contribution in [3.63, 3.8) is 0 Å². The summed E-state index contributed by atoms with van der Waals surface area (Å²) in [6.07, 6.45) is 2.02. The molecule has 0 atom stereocenters. The van der Waals surface area contributed by atoms with Crippen LogP contribution in [0.15, 0.2) is 0 Å². The van der Waals surface area contributed by atoms with Crippen molar-refractivity contribution < 1.29 is 9.90 Å². The van der Waals surface area contributed by atoms with Crippen LogP contribution in [0.1, 0.15) is 42.1 Å². The van der Waals surface area contributed by atoms with Gasteiger partial charge in [0.05, 0.1) is 0 Å². The van der Waals surface area contributed by atoms with Crippen molar-refractivity contribution in [3.05, 3.63) is 10.6 Å². The summed E-state index contributed by atoms with van der Waals surface area (Å²) < 4.78 is 0. The Hall–Kier alpha value is -1.10. The third kappa shape index (κ3) is 2.92. The van der Waals surface area contributed by atoms with Gasteiger partial charge < -0.3 is 10.4 Å². The summed E-state index contributed by atoms with van der Waals surface area (Å²) in [5, 5.41) is 12.8. The fourth-order valence-electron chi connectivity index (χ4n) is 1.32. The fraction of sp³-hybridized carbons (Fsp3) is 0.600. The number of aryl methyl sites for hydroxylation is 1. The van der Waals surface area contributed by atoms with Crippen LogP contribution in [0.25, 0.3) is 0 Å². The molecular formula is C10H16N2O2S. The van der Waals surface area contributed by atoms with E-state index in [2.05, 4.69) is 24.1 Å². The first-order valence-corrected chi connectivity index (χ1v) is 5.87. The van der Waals surface area contributed by atoms with E-state index < -0.39 is 5.97 Å². The molecule has 0 unspecified atom stereocenters. The van der Waals surface area contributed by atoms with Crippen molar-refractivity contribution in [1.82, 2.24) is 4.98 Å². The van der Waals surface area contributed by atoms with E-state index in [1.165, 1.54) is 11.3 Å². The summed E-state index contributed by atoms with van der Waals surface area (Å²) in [5.41, 5.74) is 0.161. The second-order valence-corrected chi connectivity index (χ2v) is 4.59. The quantitative estimate of drug-likeness (QED) is 0.813. The number of hydrogen-bond acceptors (Lipinski definition) is 4. The third-order valence-corrected chi connectivity index (χ3v) is 3.21. The number of aromatic nitrogens is 1. The summed E-state index contributed by atoms with van der Waals surface area (Å²) >= 11 is 1.40. The van der Waals surface area contributed by atoms with E-state index in [9.17, 15) is 4.79 Å².